The lowest BCUT2D eigenvalue weighted by atomic mass is 10.0. The number of hydrogen-bond donors (Lipinski definition) is 2. The maximum absolute atomic E-state index is 13.4. The first kappa shape index (κ1) is 24.3. The van der Waals surface area contributed by atoms with E-state index < -0.39 is 38.6 Å². The summed E-state index contributed by atoms with van der Waals surface area (Å²) in [7, 11) is -4.13. The quantitative estimate of drug-likeness (QED) is 0.497. The third-order valence-corrected chi connectivity index (χ3v) is 7.21. The van der Waals surface area contributed by atoms with Gasteiger partial charge in [-0.15, -0.1) is 0 Å². The Labute approximate surface area is 201 Å². The summed E-state index contributed by atoms with van der Waals surface area (Å²) >= 11 is 0. The van der Waals surface area contributed by atoms with Gasteiger partial charge in [-0.05, 0) is 59.0 Å². The highest BCUT2D eigenvalue weighted by atomic mass is 32.2. The van der Waals surface area contributed by atoms with Crippen molar-refractivity contribution in [1.29, 1.82) is 0 Å². The van der Waals surface area contributed by atoms with Gasteiger partial charge in [0, 0.05) is 17.8 Å². The average Bonchev–Trinajstić information content (AvgIpc) is 3.10. The Hall–Kier alpha value is -3.79. The van der Waals surface area contributed by atoms with E-state index in [1.54, 1.807) is 44.2 Å². The molecule has 0 unspecified atom stereocenters. The first-order valence-corrected chi connectivity index (χ1v) is 12.2. The fourth-order valence-electron chi connectivity index (χ4n) is 4.09. The SMILES string of the molecule is CC(C)[C@@H](C(=O)O)N1Cc2ccc(-c3ccc(NS(=O)(=O)c4ccc(F)c(F)c4)cc3)cc2C1=O. The molecule has 10 heteroatoms. The average molecular weight is 501 g/mol. The van der Waals surface area contributed by atoms with Gasteiger partial charge in [-0.2, -0.15) is 0 Å². The molecule has 2 N–H and O–H groups in total. The molecule has 0 saturated carbocycles. The summed E-state index contributed by atoms with van der Waals surface area (Å²) in [6, 6.07) is 13.0. The van der Waals surface area contributed by atoms with Crippen molar-refractivity contribution in [3.8, 4) is 11.1 Å². The van der Waals surface area contributed by atoms with Gasteiger partial charge in [0.2, 0.25) is 0 Å². The molecule has 4 rings (SSSR count). The van der Waals surface area contributed by atoms with Crippen LogP contribution in [0.3, 0.4) is 0 Å². The van der Waals surface area contributed by atoms with Gasteiger partial charge in [0.1, 0.15) is 6.04 Å². The van der Waals surface area contributed by atoms with Crippen molar-refractivity contribution >= 4 is 27.6 Å². The summed E-state index contributed by atoms with van der Waals surface area (Å²) in [5.41, 5.74) is 2.78. The number of aliphatic carboxylic acids is 1. The van der Waals surface area contributed by atoms with Crippen molar-refractivity contribution in [3.63, 3.8) is 0 Å². The van der Waals surface area contributed by atoms with E-state index in [0.29, 0.717) is 22.8 Å². The number of carboxylic acids is 1. The van der Waals surface area contributed by atoms with Crippen molar-refractivity contribution in [3.05, 3.63) is 83.4 Å². The molecule has 0 spiro atoms. The Balaban J connectivity index is 1.55. The molecule has 0 aliphatic carbocycles. The van der Waals surface area contributed by atoms with E-state index in [2.05, 4.69) is 4.72 Å². The summed E-state index contributed by atoms with van der Waals surface area (Å²) in [5, 5.41) is 9.56. The van der Waals surface area contributed by atoms with Gasteiger partial charge in [0.15, 0.2) is 11.6 Å². The minimum absolute atomic E-state index is 0.211. The molecule has 182 valence electrons. The van der Waals surface area contributed by atoms with E-state index in [4.69, 9.17) is 0 Å². The highest BCUT2D eigenvalue weighted by molar-refractivity contribution is 7.92. The number of carbonyl (C=O) groups is 2. The summed E-state index contributed by atoms with van der Waals surface area (Å²) in [6.45, 7) is 3.72. The number of halogens is 2. The molecule has 1 aliphatic rings. The topological polar surface area (TPSA) is 104 Å². The van der Waals surface area contributed by atoms with Crippen molar-refractivity contribution < 1.29 is 31.9 Å². The van der Waals surface area contributed by atoms with Crippen LogP contribution in [-0.2, 0) is 21.4 Å². The highest BCUT2D eigenvalue weighted by Crippen LogP contribution is 2.32. The molecular weight excluding hydrogens is 478 g/mol. The molecule has 1 amide bonds. The lowest BCUT2D eigenvalue weighted by Gasteiger charge is -2.27. The zero-order valence-corrected chi connectivity index (χ0v) is 19.6. The van der Waals surface area contributed by atoms with Gasteiger partial charge in [-0.25, -0.2) is 22.0 Å². The van der Waals surface area contributed by atoms with E-state index in [1.165, 1.54) is 17.0 Å². The summed E-state index contributed by atoms with van der Waals surface area (Å²) in [4.78, 5) is 25.6. The lowest BCUT2D eigenvalue weighted by molar-refractivity contribution is -0.144. The Bertz CT molecular complexity index is 1420. The van der Waals surface area contributed by atoms with E-state index in [9.17, 15) is 31.9 Å². The molecule has 0 saturated heterocycles. The van der Waals surface area contributed by atoms with Crippen molar-refractivity contribution in [2.45, 2.75) is 31.3 Å². The number of amides is 1. The maximum atomic E-state index is 13.4. The molecule has 3 aromatic carbocycles. The van der Waals surface area contributed by atoms with Gasteiger partial charge < -0.3 is 10.0 Å². The fourth-order valence-corrected chi connectivity index (χ4v) is 5.16. The third-order valence-electron chi connectivity index (χ3n) is 5.83. The number of nitrogens with zero attached hydrogens (tertiary/aromatic N) is 1. The number of hydrogen-bond acceptors (Lipinski definition) is 4. The second-order valence-corrected chi connectivity index (χ2v) is 10.3. The Morgan fingerprint density at radius 2 is 1.63 bits per heavy atom. The van der Waals surface area contributed by atoms with Gasteiger partial charge in [-0.3, -0.25) is 9.52 Å². The van der Waals surface area contributed by atoms with Crippen LogP contribution in [0.25, 0.3) is 11.1 Å². The molecule has 35 heavy (non-hydrogen) atoms. The molecule has 1 atom stereocenters. The Morgan fingerprint density at radius 1 is 0.971 bits per heavy atom. The predicted octanol–water partition coefficient (Wildman–Crippen LogP) is 4.50. The second kappa shape index (κ2) is 9.10. The molecule has 3 aromatic rings. The van der Waals surface area contributed by atoms with Gasteiger partial charge in [0.25, 0.3) is 15.9 Å². The standard InChI is InChI=1S/C25H22F2N2O5S/c1-14(2)23(25(31)32)29-13-17-4-3-16(11-20(17)24(29)30)15-5-7-18(8-6-15)28-35(33,34)19-9-10-21(26)22(27)12-19/h3-12,14,23,28H,13H2,1-2H3,(H,31,32)/t23-/m0/s1. The summed E-state index contributed by atoms with van der Waals surface area (Å²) < 4.78 is 53.8. The molecule has 0 bridgehead atoms. The number of benzene rings is 3. The van der Waals surface area contributed by atoms with Crippen LogP contribution in [0.5, 0.6) is 0 Å². The maximum Gasteiger partial charge on any atom is 0.326 e. The minimum Gasteiger partial charge on any atom is -0.480 e. The Kier molecular flexibility index (Phi) is 6.33. The first-order chi connectivity index (χ1) is 16.5. The first-order valence-electron chi connectivity index (χ1n) is 10.7. The summed E-state index contributed by atoms with van der Waals surface area (Å²) in [6.07, 6.45) is 0. The van der Waals surface area contributed by atoms with E-state index >= 15 is 0 Å². The zero-order valence-electron chi connectivity index (χ0n) is 18.8. The van der Waals surface area contributed by atoms with Crippen LogP contribution in [0.4, 0.5) is 14.5 Å². The number of carbonyl (C=O) groups excluding carboxylic acids is 1. The Morgan fingerprint density at radius 3 is 2.23 bits per heavy atom. The van der Waals surface area contributed by atoms with Crippen LogP contribution >= 0.6 is 0 Å². The predicted molar refractivity (Wildman–Crippen MR) is 125 cm³/mol. The normalized spacial score (nSPS) is 14.2. The van der Waals surface area contributed by atoms with Crippen molar-refractivity contribution in [1.82, 2.24) is 4.90 Å². The van der Waals surface area contributed by atoms with Crippen LogP contribution in [-0.4, -0.2) is 36.3 Å². The van der Waals surface area contributed by atoms with Crippen LogP contribution in [0.15, 0.2) is 65.6 Å². The molecule has 1 aliphatic heterocycles. The fraction of sp³-hybridized carbons (Fsp3) is 0.200. The van der Waals surface area contributed by atoms with Crippen LogP contribution in [0, 0.1) is 17.6 Å². The number of rotatable bonds is 7. The van der Waals surface area contributed by atoms with Crippen molar-refractivity contribution in [2.24, 2.45) is 5.92 Å². The van der Waals surface area contributed by atoms with Gasteiger partial charge in [0.05, 0.1) is 4.90 Å². The smallest absolute Gasteiger partial charge is 0.326 e. The van der Waals surface area contributed by atoms with Crippen LogP contribution < -0.4 is 4.72 Å². The third kappa shape index (κ3) is 4.74. The number of nitrogens with one attached hydrogen (secondary N) is 1. The zero-order chi connectivity index (χ0) is 25.5. The summed E-state index contributed by atoms with van der Waals surface area (Å²) in [5.74, 6) is -4.07. The number of fused-ring (bicyclic) bond motifs is 1. The van der Waals surface area contributed by atoms with Crippen molar-refractivity contribution in [2.75, 3.05) is 4.72 Å². The molecule has 0 aromatic heterocycles. The monoisotopic (exact) mass is 500 g/mol. The van der Waals surface area contributed by atoms with E-state index in [0.717, 1.165) is 17.7 Å². The van der Waals surface area contributed by atoms with E-state index in [-0.39, 0.29) is 24.1 Å². The number of sulfonamides is 1. The van der Waals surface area contributed by atoms with Crippen LogP contribution in [0.2, 0.25) is 0 Å². The van der Waals surface area contributed by atoms with Gasteiger partial charge >= 0.3 is 5.97 Å². The van der Waals surface area contributed by atoms with Crippen LogP contribution in [0.1, 0.15) is 29.8 Å². The molecule has 0 radical (unpaired) electrons. The molecule has 7 nitrogen and oxygen atoms in total. The molecular formula is C25H22F2N2O5S. The molecule has 1 heterocycles. The van der Waals surface area contributed by atoms with E-state index in [1.807, 2.05) is 0 Å². The van der Waals surface area contributed by atoms with Gasteiger partial charge in [-0.1, -0.05) is 38.1 Å². The molecule has 0 fully saturated rings. The number of carboxylic acid groups (broad SMARTS) is 1. The number of anilines is 1. The second-order valence-electron chi connectivity index (χ2n) is 8.59. The minimum atomic E-state index is -4.13. The lowest BCUT2D eigenvalue weighted by Crippen LogP contribution is -2.44. The largest absolute Gasteiger partial charge is 0.480 e. The highest BCUT2D eigenvalue weighted by Gasteiger charge is 2.38.